The van der Waals surface area contributed by atoms with Gasteiger partial charge in [0, 0.05) is 8.50 Å². The Balaban J connectivity index is 0.000000198. The first-order valence-electron chi connectivity index (χ1n) is 17.9. The Morgan fingerprint density at radius 2 is 1.65 bits per heavy atom. The second kappa shape index (κ2) is 13.9. The summed E-state index contributed by atoms with van der Waals surface area (Å²) in [5.74, 6) is 3.31. The molecule has 5 aliphatic carbocycles. The van der Waals surface area contributed by atoms with Crippen molar-refractivity contribution in [3.63, 3.8) is 0 Å². The van der Waals surface area contributed by atoms with E-state index in [1.165, 1.54) is 101 Å². The Morgan fingerprint density at radius 1 is 0.977 bits per heavy atom. The summed E-state index contributed by atoms with van der Waals surface area (Å²) in [7, 11) is 3.14. The molecule has 0 N–H and O–H groups in total. The van der Waals surface area contributed by atoms with Crippen molar-refractivity contribution in [2.45, 2.75) is 145 Å². The maximum absolute atomic E-state index is 5.45. The van der Waals surface area contributed by atoms with Gasteiger partial charge in [-0.2, -0.15) is 0 Å². The maximum Gasteiger partial charge on any atom is 0.0693 e. The van der Waals surface area contributed by atoms with Gasteiger partial charge in [-0.1, -0.05) is 112 Å². The van der Waals surface area contributed by atoms with E-state index in [2.05, 4.69) is 95.7 Å². The zero-order chi connectivity index (χ0) is 31.7. The Kier molecular flexibility index (Phi) is 11.5. The van der Waals surface area contributed by atoms with Gasteiger partial charge in [0.05, 0.1) is 6.61 Å². The molecule has 0 saturated heterocycles. The van der Waals surface area contributed by atoms with Crippen molar-refractivity contribution in [1.82, 2.24) is 0 Å². The van der Waals surface area contributed by atoms with E-state index >= 15 is 0 Å². The zero-order valence-corrected chi connectivity index (χ0v) is 31.7. The molecular formula is C40H68OP2. The molecular weight excluding hydrogens is 558 g/mol. The van der Waals surface area contributed by atoms with Gasteiger partial charge in [-0.3, -0.25) is 0 Å². The molecule has 0 aromatic rings. The maximum atomic E-state index is 5.45. The number of hydrogen-bond donors (Lipinski definition) is 0. The van der Waals surface area contributed by atoms with E-state index in [1.807, 2.05) is 5.57 Å². The van der Waals surface area contributed by atoms with Gasteiger partial charge in [0.1, 0.15) is 0 Å². The number of allylic oxidation sites excluding steroid dienone is 5. The quantitative estimate of drug-likeness (QED) is 0.155. The summed E-state index contributed by atoms with van der Waals surface area (Å²) in [6.45, 7) is 29.2. The standard InChI is InChI=1S/C20H36OP2.C20H32/c1-15(11-14-21-23-22)7-9-17-16(2)8-10-18-19(3,4)12-6-13-20(17,18)5;1-6-19(4)13-10-16-15(14-19)8-9-17-18(2,3)11-7-12-20(16,17)5/h11,17-18,23H,2,6-10,12-14,22H2,1,3-5H3;6,10,15,17H,1,7-9,11-14H2,2-5H3/b15-11-;. The van der Waals surface area contributed by atoms with E-state index in [1.54, 1.807) is 0 Å². The SMILES string of the molecule is C=C1CCC2C(C)(C)CCCC2(C)C1CC/C(C)=C\COPP.C=CC1(C)CC=C2C(CCC3C(C)(C)CCCC23C)C1. The minimum Gasteiger partial charge on any atom is -0.354 e. The Labute approximate surface area is 272 Å². The number of hydrogen-bond acceptors (Lipinski definition) is 1. The van der Waals surface area contributed by atoms with Crippen LogP contribution in [-0.4, -0.2) is 6.61 Å². The van der Waals surface area contributed by atoms with Crippen LogP contribution in [0, 0.1) is 50.7 Å². The predicted octanol–water partition coefficient (Wildman–Crippen LogP) is 13.1. The van der Waals surface area contributed by atoms with Crippen molar-refractivity contribution in [3.8, 4) is 0 Å². The van der Waals surface area contributed by atoms with Crippen molar-refractivity contribution in [2.24, 2.45) is 50.7 Å². The smallest absolute Gasteiger partial charge is 0.0693 e. The third-order valence-corrected chi connectivity index (χ3v) is 14.7. The minimum atomic E-state index is 0.349. The second-order valence-corrected chi connectivity index (χ2v) is 18.9. The first-order chi connectivity index (χ1) is 20.1. The first kappa shape index (κ1) is 35.6. The third-order valence-electron chi connectivity index (χ3n) is 13.9. The van der Waals surface area contributed by atoms with Gasteiger partial charge >= 0.3 is 0 Å². The van der Waals surface area contributed by atoms with Crippen molar-refractivity contribution in [3.05, 3.63) is 48.1 Å². The van der Waals surface area contributed by atoms with Gasteiger partial charge in [0.25, 0.3) is 0 Å². The molecule has 1 nitrogen and oxygen atoms in total. The summed E-state index contributed by atoms with van der Waals surface area (Å²) in [4.78, 5) is 0. The van der Waals surface area contributed by atoms with Gasteiger partial charge in [0.2, 0.25) is 0 Å². The first-order valence-corrected chi connectivity index (χ1v) is 20.6. The number of fused-ring (bicyclic) bond motifs is 4. The lowest BCUT2D eigenvalue weighted by atomic mass is 9.46. The molecule has 244 valence electrons. The lowest BCUT2D eigenvalue weighted by Crippen LogP contribution is -2.49. The predicted molar refractivity (Wildman–Crippen MR) is 196 cm³/mol. The molecule has 0 radical (unpaired) electrons. The van der Waals surface area contributed by atoms with Crippen LogP contribution >= 0.6 is 17.4 Å². The fourth-order valence-electron chi connectivity index (χ4n) is 11.4. The van der Waals surface area contributed by atoms with Crippen LogP contribution in [0.2, 0.25) is 0 Å². The van der Waals surface area contributed by atoms with Crippen LogP contribution in [0.3, 0.4) is 0 Å². The van der Waals surface area contributed by atoms with Gasteiger partial charge in [-0.15, -0.1) is 6.58 Å². The Bertz CT molecular complexity index is 1070. The van der Waals surface area contributed by atoms with Crippen LogP contribution < -0.4 is 0 Å². The molecule has 3 heteroatoms. The van der Waals surface area contributed by atoms with Crippen molar-refractivity contribution < 1.29 is 4.52 Å². The van der Waals surface area contributed by atoms with Crippen LogP contribution in [0.5, 0.6) is 0 Å². The summed E-state index contributed by atoms with van der Waals surface area (Å²) >= 11 is 0. The lowest BCUT2D eigenvalue weighted by Gasteiger charge is -2.58. The summed E-state index contributed by atoms with van der Waals surface area (Å²) < 4.78 is 5.45. The van der Waals surface area contributed by atoms with Crippen molar-refractivity contribution in [2.75, 3.05) is 6.61 Å². The zero-order valence-electron chi connectivity index (χ0n) is 29.5. The largest absolute Gasteiger partial charge is 0.354 e. The van der Waals surface area contributed by atoms with E-state index < -0.39 is 0 Å². The van der Waals surface area contributed by atoms with Crippen molar-refractivity contribution in [1.29, 1.82) is 0 Å². The summed E-state index contributed by atoms with van der Waals surface area (Å²) in [6.07, 6.45) is 26.0. The molecule has 0 spiro atoms. The molecule has 9 unspecified atom stereocenters. The van der Waals surface area contributed by atoms with Crippen LogP contribution in [0.25, 0.3) is 0 Å². The molecule has 0 aliphatic heterocycles. The van der Waals surface area contributed by atoms with Gasteiger partial charge in [-0.05, 0) is 135 Å². The molecule has 0 amide bonds. The molecule has 43 heavy (non-hydrogen) atoms. The van der Waals surface area contributed by atoms with E-state index in [0.717, 1.165) is 24.4 Å². The fraction of sp³-hybridized carbons (Fsp3) is 0.800. The van der Waals surface area contributed by atoms with Crippen LogP contribution in [0.4, 0.5) is 0 Å². The monoisotopic (exact) mass is 626 g/mol. The average Bonchev–Trinajstić information content (AvgIpc) is 2.92. The molecule has 0 aromatic heterocycles. The van der Waals surface area contributed by atoms with Crippen LogP contribution in [-0.2, 0) is 4.52 Å². The molecule has 5 aliphatic rings. The highest BCUT2D eigenvalue weighted by Gasteiger charge is 2.54. The Hall–Kier alpha value is -0.220. The van der Waals surface area contributed by atoms with E-state index in [4.69, 9.17) is 4.52 Å². The topological polar surface area (TPSA) is 9.23 Å². The normalized spacial score (nSPS) is 40.4. The summed E-state index contributed by atoms with van der Waals surface area (Å²) in [5.41, 5.74) is 7.19. The van der Waals surface area contributed by atoms with E-state index in [-0.39, 0.29) is 0 Å². The third kappa shape index (κ3) is 7.52. The highest BCUT2D eigenvalue weighted by atomic mass is 32.0. The van der Waals surface area contributed by atoms with Crippen LogP contribution in [0.15, 0.2) is 48.1 Å². The lowest BCUT2D eigenvalue weighted by molar-refractivity contribution is -0.0539. The van der Waals surface area contributed by atoms with Gasteiger partial charge < -0.3 is 4.52 Å². The molecule has 4 saturated carbocycles. The van der Waals surface area contributed by atoms with E-state index in [0.29, 0.717) is 41.5 Å². The van der Waals surface area contributed by atoms with Gasteiger partial charge in [0.15, 0.2) is 0 Å². The van der Waals surface area contributed by atoms with Gasteiger partial charge in [-0.25, -0.2) is 0 Å². The highest BCUT2D eigenvalue weighted by molar-refractivity contribution is 8.00. The molecule has 4 fully saturated rings. The average molecular weight is 627 g/mol. The summed E-state index contributed by atoms with van der Waals surface area (Å²) in [5, 5.41) is 0. The van der Waals surface area contributed by atoms with E-state index in [9.17, 15) is 0 Å². The number of rotatable bonds is 7. The highest BCUT2D eigenvalue weighted by Crippen LogP contribution is 2.64. The molecule has 0 aromatic carbocycles. The summed E-state index contributed by atoms with van der Waals surface area (Å²) in [6, 6.07) is 0. The van der Waals surface area contributed by atoms with Crippen molar-refractivity contribution >= 4 is 17.4 Å². The van der Waals surface area contributed by atoms with Crippen LogP contribution in [0.1, 0.15) is 145 Å². The molecule has 0 bridgehead atoms. The molecule has 0 heterocycles. The molecule has 9 atom stereocenters. The minimum absolute atomic E-state index is 0.349. The second-order valence-electron chi connectivity index (χ2n) is 17.7. The Morgan fingerprint density at radius 3 is 2.33 bits per heavy atom. The fourth-order valence-corrected chi connectivity index (χ4v) is 11.9. The molecule has 5 rings (SSSR count).